The highest BCUT2D eigenvalue weighted by atomic mass is 32.2. The number of nitrogens with zero attached hydrogens (tertiary/aromatic N) is 2. The number of thioether (sulfide) groups is 1. The molecule has 0 aromatic heterocycles. The lowest BCUT2D eigenvalue weighted by atomic mass is 10.1. The minimum atomic E-state index is 0.0922. The first-order valence-corrected chi connectivity index (χ1v) is 6.36. The quantitative estimate of drug-likeness (QED) is 0.806. The summed E-state index contributed by atoms with van der Waals surface area (Å²) in [5, 5.41) is 3.63. The lowest BCUT2D eigenvalue weighted by Gasteiger charge is -2.30. The summed E-state index contributed by atoms with van der Waals surface area (Å²) < 4.78 is 0. The van der Waals surface area contributed by atoms with Crippen LogP contribution in [0.15, 0.2) is 33.1 Å². The summed E-state index contributed by atoms with van der Waals surface area (Å²) in [6.45, 7) is 2.17. The second-order valence-electron chi connectivity index (χ2n) is 3.88. The van der Waals surface area contributed by atoms with E-state index in [1.807, 2.05) is 0 Å². The molecule has 0 saturated heterocycles. The Balaban J connectivity index is 1.96. The van der Waals surface area contributed by atoms with E-state index in [-0.39, 0.29) is 11.5 Å². The Bertz CT molecular complexity index is 467. The van der Waals surface area contributed by atoms with Crippen LogP contribution < -0.4 is 5.32 Å². The van der Waals surface area contributed by atoms with Gasteiger partial charge in [0.15, 0.2) is 6.17 Å². The topological polar surface area (TPSA) is 36.8 Å². The van der Waals surface area contributed by atoms with Crippen molar-refractivity contribution in [2.75, 3.05) is 5.32 Å². The molecule has 3 rings (SSSR count). The molecule has 82 valence electrons. The first-order chi connectivity index (χ1) is 7.86. The zero-order chi connectivity index (χ0) is 11.0. The van der Waals surface area contributed by atoms with E-state index in [4.69, 9.17) is 0 Å². The number of nitrogens with one attached hydrogen (secondary N) is 1. The molecule has 16 heavy (non-hydrogen) atoms. The molecule has 2 unspecified atom stereocenters. The van der Waals surface area contributed by atoms with E-state index in [0.29, 0.717) is 0 Å². The zero-order valence-corrected chi connectivity index (χ0v) is 9.87. The van der Waals surface area contributed by atoms with Crippen LogP contribution in [0.4, 0.5) is 5.69 Å². The van der Waals surface area contributed by atoms with Crippen LogP contribution in [0.3, 0.4) is 0 Å². The van der Waals surface area contributed by atoms with Crippen LogP contribution >= 0.6 is 11.8 Å². The summed E-state index contributed by atoms with van der Waals surface area (Å²) >= 11 is 1.79. The summed E-state index contributed by atoms with van der Waals surface area (Å²) in [7, 11) is 0. The molecule has 0 saturated carbocycles. The van der Waals surface area contributed by atoms with Crippen molar-refractivity contribution in [3.05, 3.63) is 23.8 Å². The van der Waals surface area contributed by atoms with Crippen molar-refractivity contribution in [1.82, 2.24) is 0 Å². The average molecular weight is 231 g/mol. The summed E-state index contributed by atoms with van der Waals surface area (Å²) in [4.78, 5) is 10.1. The normalized spacial score (nSPS) is 25.8. The second-order valence-corrected chi connectivity index (χ2v) is 5.04. The SMILES string of the molecule is CCc1ccc2c(c1)NC1N=CC=NC1S2. The molecule has 4 heteroatoms. The number of rotatable bonds is 1. The first-order valence-electron chi connectivity index (χ1n) is 5.48. The molecule has 0 amide bonds. The fourth-order valence-corrected chi connectivity index (χ4v) is 2.97. The van der Waals surface area contributed by atoms with Crippen LogP contribution in [0.2, 0.25) is 0 Å². The summed E-state index contributed by atoms with van der Waals surface area (Å²) in [6.07, 6.45) is 4.70. The molecule has 1 aromatic rings. The highest BCUT2D eigenvalue weighted by Crippen LogP contribution is 2.39. The lowest BCUT2D eigenvalue weighted by Crippen LogP contribution is -2.33. The van der Waals surface area contributed by atoms with Crippen molar-refractivity contribution in [3.8, 4) is 0 Å². The predicted molar refractivity (Wildman–Crippen MR) is 69.9 cm³/mol. The first kappa shape index (κ1) is 9.90. The van der Waals surface area contributed by atoms with Crippen LogP contribution in [-0.2, 0) is 6.42 Å². The van der Waals surface area contributed by atoms with Crippen LogP contribution in [0.25, 0.3) is 0 Å². The summed E-state index contributed by atoms with van der Waals surface area (Å²) in [5.41, 5.74) is 2.55. The van der Waals surface area contributed by atoms with Gasteiger partial charge in [-0.15, -0.1) is 0 Å². The Morgan fingerprint density at radius 3 is 3.06 bits per heavy atom. The van der Waals surface area contributed by atoms with Gasteiger partial charge in [-0.25, -0.2) is 0 Å². The maximum atomic E-state index is 4.42. The number of hydrogen-bond donors (Lipinski definition) is 1. The maximum absolute atomic E-state index is 4.42. The van der Waals surface area contributed by atoms with Crippen LogP contribution in [0.1, 0.15) is 12.5 Å². The number of anilines is 1. The van der Waals surface area contributed by atoms with E-state index < -0.39 is 0 Å². The summed E-state index contributed by atoms with van der Waals surface area (Å²) in [6, 6.07) is 6.58. The third-order valence-corrected chi connectivity index (χ3v) is 4.05. The molecule has 0 spiro atoms. The molecule has 0 aliphatic carbocycles. The standard InChI is InChI=1S/C12H13N3S/c1-2-8-3-4-10-9(7-8)15-11-12(16-10)14-6-5-13-11/h3-7,11-12,15H,2H2,1H3. The van der Waals surface area contributed by atoms with Gasteiger partial charge >= 0.3 is 0 Å². The van der Waals surface area contributed by atoms with Crippen molar-refractivity contribution >= 4 is 29.9 Å². The Labute approximate surface area is 99.1 Å². The van der Waals surface area contributed by atoms with Gasteiger partial charge in [0, 0.05) is 23.0 Å². The molecular weight excluding hydrogens is 218 g/mol. The zero-order valence-electron chi connectivity index (χ0n) is 9.05. The largest absolute Gasteiger partial charge is 0.360 e. The Morgan fingerprint density at radius 2 is 2.19 bits per heavy atom. The number of aryl methyl sites for hydroxylation is 1. The van der Waals surface area contributed by atoms with Gasteiger partial charge in [-0.2, -0.15) is 0 Å². The molecule has 1 N–H and O–H groups in total. The second kappa shape index (κ2) is 3.94. The Hall–Kier alpha value is -1.29. The number of hydrogen-bond acceptors (Lipinski definition) is 4. The van der Waals surface area contributed by atoms with Gasteiger partial charge in [-0.1, -0.05) is 24.8 Å². The molecule has 0 bridgehead atoms. The molecule has 2 aliphatic heterocycles. The molecule has 0 fully saturated rings. The van der Waals surface area contributed by atoms with Crippen LogP contribution in [0.5, 0.6) is 0 Å². The van der Waals surface area contributed by atoms with Crippen molar-refractivity contribution in [2.24, 2.45) is 9.98 Å². The van der Waals surface area contributed by atoms with Crippen LogP contribution in [0, 0.1) is 0 Å². The Morgan fingerprint density at radius 1 is 1.31 bits per heavy atom. The van der Waals surface area contributed by atoms with Gasteiger partial charge in [-0.3, -0.25) is 9.98 Å². The van der Waals surface area contributed by atoms with Crippen molar-refractivity contribution in [2.45, 2.75) is 29.8 Å². The Kier molecular flexibility index (Phi) is 2.44. The maximum Gasteiger partial charge on any atom is 0.151 e. The van der Waals surface area contributed by atoms with E-state index in [2.05, 4.69) is 40.4 Å². The van der Waals surface area contributed by atoms with Gasteiger partial charge in [-0.05, 0) is 24.1 Å². The molecule has 0 radical (unpaired) electrons. The average Bonchev–Trinajstić information content (AvgIpc) is 2.35. The lowest BCUT2D eigenvalue weighted by molar-refractivity contribution is 0.716. The highest BCUT2D eigenvalue weighted by molar-refractivity contribution is 8.00. The van der Waals surface area contributed by atoms with E-state index in [1.165, 1.54) is 16.1 Å². The monoisotopic (exact) mass is 231 g/mol. The number of benzene rings is 1. The molecule has 3 nitrogen and oxygen atoms in total. The van der Waals surface area contributed by atoms with E-state index in [0.717, 1.165) is 6.42 Å². The van der Waals surface area contributed by atoms with Crippen molar-refractivity contribution in [3.63, 3.8) is 0 Å². The van der Waals surface area contributed by atoms with E-state index >= 15 is 0 Å². The molecule has 1 aromatic carbocycles. The van der Waals surface area contributed by atoms with Gasteiger partial charge in [0.1, 0.15) is 5.37 Å². The van der Waals surface area contributed by atoms with Crippen molar-refractivity contribution < 1.29 is 0 Å². The number of fused-ring (bicyclic) bond motifs is 2. The van der Waals surface area contributed by atoms with Gasteiger partial charge in [0.25, 0.3) is 0 Å². The third-order valence-electron chi connectivity index (χ3n) is 2.82. The minimum absolute atomic E-state index is 0.0922. The fraction of sp³-hybridized carbons (Fsp3) is 0.333. The summed E-state index contributed by atoms with van der Waals surface area (Å²) in [5.74, 6) is 0. The molecule has 2 atom stereocenters. The van der Waals surface area contributed by atoms with Crippen LogP contribution in [-0.4, -0.2) is 24.0 Å². The van der Waals surface area contributed by atoms with Gasteiger partial charge in [0.05, 0.1) is 0 Å². The third kappa shape index (κ3) is 1.63. The predicted octanol–water partition coefficient (Wildman–Crippen LogP) is 2.57. The highest BCUT2D eigenvalue weighted by Gasteiger charge is 2.28. The van der Waals surface area contributed by atoms with E-state index in [1.54, 1.807) is 24.2 Å². The smallest absolute Gasteiger partial charge is 0.151 e. The minimum Gasteiger partial charge on any atom is -0.360 e. The van der Waals surface area contributed by atoms with E-state index in [9.17, 15) is 0 Å². The fourth-order valence-electron chi connectivity index (χ4n) is 1.92. The van der Waals surface area contributed by atoms with Crippen molar-refractivity contribution in [1.29, 1.82) is 0 Å². The molecule has 2 heterocycles. The van der Waals surface area contributed by atoms with Gasteiger partial charge < -0.3 is 5.32 Å². The molecule has 2 aliphatic rings. The molecular formula is C12H13N3S. The van der Waals surface area contributed by atoms with Gasteiger partial charge in [0.2, 0.25) is 0 Å². The number of aliphatic imine (C=N–C) groups is 2.